The van der Waals surface area contributed by atoms with Crippen molar-refractivity contribution in [1.29, 1.82) is 0 Å². The van der Waals surface area contributed by atoms with Crippen LogP contribution in [0.4, 0.5) is 5.82 Å². The smallest absolute Gasteiger partial charge is 0.171 e. The summed E-state index contributed by atoms with van der Waals surface area (Å²) in [5, 5.41) is 1.71. The normalized spacial score (nSPS) is 20.9. The minimum Gasteiger partial charge on any atom is -0.356 e. The van der Waals surface area contributed by atoms with Crippen LogP contribution in [0.3, 0.4) is 0 Å². The van der Waals surface area contributed by atoms with Gasteiger partial charge in [0.05, 0.1) is 23.8 Å². The summed E-state index contributed by atoms with van der Waals surface area (Å²) >= 11 is 9.78. The summed E-state index contributed by atoms with van der Waals surface area (Å²) in [5.74, 6) is 0.611. The molecule has 2 aromatic rings. The molecule has 2 aliphatic heterocycles. The van der Waals surface area contributed by atoms with E-state index in [-0.39, 0.29) is 5.79 Å². The van der Waals surface area contributed by atoms with Gasteiger partial charge in [-0.05, 0) is 24.3 Å². The Balaban J connectivity index is 1.59. The van der Waals surface area contributed by atoms with Gasteiger partial charge in [-0.2, -0.15) is 0 Å². The summed E-state index contributed by atoms with van der Waals surface area (Å²) < 4.78 is 12.5. The minimum absolute atomic E-state index is 0.351. The summed E-state index contributed by atoms with van der Waals surface area (Å²) in [4.78, 5) is 7.02. The Bertz CT molecular complexity index is 709. The predicted octanol–water partition coefficient (Wildman–Crippen LogP) is 3.99. The topological polar surface area (TPSA) is 34.6 Å². The number of ether oxygens (including phenoxy) is 2. The van der Waals surface area contributed by atoms with Crippen LogP contribution in [0.2, 0.25) is 5.02 Å². The molecule has 1 spiro atoms. The third-order valence-electron chi connectivity index (χ3n) is 4.36. The number of benzene rings is 1. The Morgan fingerprint density at radius 1 is 1.14 bits per heavy atom. The van der Waals surface area contributed by atoms with Crippen molar-refractivity contribution in [3.8, 4) is 0 Å². The van der Waals surface area contributed by atoms with Gasteiger partial charge >= 0.3 is 0 Å². The molecule has 4 nitrogen and oxygen atoms in total. The van der Waals surface area contributed by atoms with Crippen LogP contribution in [-0.2, 0) is 9.47 Å². The maximum Gasteiger partial charge on any atom is 0.171 e. The molecule has 1 aromatic carbocycles. The van der Waals surface area contributed by atoms with E-state index in [1.54, 1.807) is 0 Å². The Kier molecular flexibility index (Phi) is 3.77. The lowest BCUT2D eigenvalue weighted by Crippen LogP contribution is -2.45. The zero-order valence-electron chi connectivity index (χ0n) is 12.0. The highest BCUT2D eigenvalue weighted by atomic mass is 79.9. The average molecular weight is 384 g/mol. The van der Waals surface area contributed by atoms with Crippen molar-refractivity contribution in [2.45, 2.75) is 18.6 Å². The van der Waals surface area contributed by atoms with Crippen molar-refractivity contribution in [1.82, 2.24) is 4.98 Å². The third kappa shape index (κ3) is 2.60. The maximum absolute atomic E-state index is 6.32. The Morgan fingerprint density at radius 3 is 2.59 bits per heavy atom. The van der Waals surface area contributed by atoms with Gasteiger partial charge in [-0.25, -0.2) is 4.98 Å². The summed E-state index contributed by atoms with van der Waals surface area (Å²) in [6, 6.07) is 8.04. The Hall–Kier alpha value is -0.880. The van der Waals surface area contributed by atoms with Crippen LogP contribution < -0.4 is 4.90 Å². The maximum atomic E-state index is 6.32. The molecule has 0 N–H and O–H groups in total. The Morgan fingerprint density at radius 2 is 1.86 bits per heavy atom. The molecule has 4 rings (SSSR count). The van der Waals surface area contributed by atoms with Gasteiger partial charge in [0.2, 0.25) is 0 Å². The van der Waals surface area contributed by atoms with Gasteiger partial charge in [-0.1, -0.05) is 27.5 Å². The summed E-state index contributed by atoms with van der Waals surface area (Å²) in [6.45, 7) is 3.18. The second kappa shape index (κ2) is 5.64. The lowest BCUT2D eigenvalue weighted by molar-refractivity contribution is -0.169. The van der Waals surface area contributed by atoms with Crippen LogP contribution in [0.25, 0.3) is 10.9 Å². The number of hydrogen-bond acceptors (Lipinski definition) is 4. The molecule has 0 saturated carbocycles. The highest BCUT2D eigenvalue weighted by Crippen LogP contribution is 2.34. The van der Waals surface area contributed by atoms with E-state index in [9.17, 15) is 0 Å². The van der Waals surface area contributed by atoms with E-state index in [1.807, 2.05) is 12.1 Å². The molecule has 0 radical (unpaired) electrons. The van der Waals surface area contributed by atoms with Crippen LogP contribution in [0.15, 0.2) is 28.7 Å². The third-order valence-corrected chi connectivity index (χ3v) is 5.10. The molecular weight excluding hydrogens is 368 g/mol. The zero-order chi connectivity index (χ0) is 15.2. The molecule has 6 heteroatoms. The second-order valence-electron chi connectivity index (χ2n) is 5.72. The first-order valence-corrected chi connectivity index (χ1v) is 8.61. The van der Waals surface area contributed by atoms with Gasteiger partial charge in [0.25, 0.3) is 0 Å². The number of halogens is 2. The monoisotopic (exact) mass is 382 g/mol. The fraction of sp³-hybridized carbons (Fsp3) is 0.438. The van der Waals surface area contributed by atoms with E-state index < -0.39 is 0 Å². The van der Waals surface area contributed by atoms with Crippen LogP contribution in [0.5, 0.6) is 0 Å². The molecule has 3 heterocycles. The van der Waals surface area contributed by atoms with E-state index in [1.165, 1.54) is 0 Å². The fourth-order valence-electron chi connectivity index (χ4n) is 3.19. The molecule has 0 unspecified atom stereocenters. The fourth-order valence-corrected chi connectivity index (χ4v) is 4.06. The summed E-state index contributed by atoms with van der Waals surface area (Å²) in [5.41, 5.74) is 0.844. The van der Waals surface area contributed by atoms with Gasteiger partial charge in [0.1, 0.15) is 5.82 Å². The van der Waals surface area contributed by atoms with Crippen LogP contribution in [-0.4, -0.2) is 37.1 Å². The standard InChI is InChI=1S/C16H16BrClN2O2/c17-12-9-11-1-2-14(19-15(11)13(18)10-12)20-5-3-16(4-6-20)21-7-8-22-16/h1-2,9-10H,3-8H2. The SMILES string of the molecule is Clc1cc(Br)cc2ccc(N3CCC4(CC3)OCCO4)nc12. The van der Waals surface area contributed by atoms with Gasteiger partial charge in [0.15, 0.2) is 5.79 Å². The number of rotatable bonds is 1. The lowest BCUT2D eigenvalue weighted by Gasteiger charge is -2.38. The number of hydrogen-bond donors (Lipinski definition) is 0. The van der Waals surface area contributed by atoms with Crippen molar-refractivity contribution in [3.05, 3.63) is 33.8 Å². The molecule has 2 saturated heterocycles. The molecule has 0 amide bonds. The number of piperidine rings is 1. The van der Waals surface area contributed by atoms with Gasteiger partial charge in [-0.3, -0.25) is 0 Å². The molecule has 22 heavy (non-hydrogen) atoms. The van der Waals surface area contributed by atoms with Crippen molar-refractivity contribution in [2.75, 3.05) is 31.2 Å². The number of pyridine rings is 1. The molecule has 116 valence electrons. The number of nitrogens with zero attached hydrogens (tertiary/aromatic N) is 2. The van der Waals surface area contributed by atoms with Crippen molar-refractivity contribution >= 4 is 44.3 Å². The molecule has 0 bridgehead atoms. The van der Waals surface area contributed by atoms with Crippen LogP contribution >= 0.6 is 27.5 Å². The molecule has 2 aliphatic rings. The summed E-state index contributed by atoms with van der Waals surface area (Å²) in [6.07, 6.45) is 1.75. The van der Waals surface area contributed by atoms with Crippen LogP contribution in [0.1, 0.15) is 12.8 Å². The quantitative estimate of drug-likeness (QED) is 0.746. The van der Waals surface area contributed by atoms with E-state index in [4.69, 9.17) is 26.1 Å². The molecule has 0 atom stereocenters. The van der Waals surface area contributed by atoms with Gasteiger partial charge in [0, 0.05) is 35.8 Å². The van der Waals surface area contributed by atoms with Crippen molar-refractivity contribution in [2.24, 2.45) is 0 Å². The molecule has 2 fully saturated rings. The highest BCUT2D eigenvalue weighted by Gasteiger charge is 2.40. The molecule has 1 aromatic heterocycles. The van der Waals surface area contributed by atoms with E-state index in [0.29, 0.717) is 18.2 Å². The molecular formula is C16H16BrClN2O2. The number of aromatic nitrogens is 1. The lowest BCUT2D eigenvalue weighted by atomic mass is 10.0. The van der Waals surface area contributed by atoms with E-state index in [2.05, 4.69) is 33.0 Å². The van der Waals surface area contributed by atoms with E-state index in [0.717, 1.165) is 47.1 Å². The first-order chi connectivity index (χ1) is 10.7. The first kappa shape index (κ1) is 14.7. The first-order valence-electron chi connectivity index (χ1n) is 7.44. The van der Waals surface area contributed by atoms with Crippen molar-refractivity contribution < 1.29 is 9.47 Å². The average Bonchev–Trinajstić information content (AvgIpc) is 2.96. The minimum atomic E-state index is -0.351. The summed E-state index contributed by atoms with van der Waals surface area (Å²) in [7, 11) is 0. The number of anilines is 1. The highest BCUT2D eigenvalue weighted by molar-refractivity contribution is 9.10. The largest absolute Gasteiger partial charge is 0.356 e. The van der Waals surface area contributed by atoms with Crippen molar-refractivity contribution in [3.63, 3.8) is 0 Å². The molecule has 0 aliphatic carbocycles. The van der Waals surface area contributed by atoms with Gasteiger partial charge < -0.3 is 14.4 Å². The Labute approximate surface area is 142 Å². The van der Waals surface area contributed by atoms with E-state index >= 15 is 0 Å². The van der Waals surface area contributed by atoms with Crippen LogP contribution in [0, 0.1) is 0 Å². The number of fused-ring (bicyclic) bond motifs is 1. The second-order valence-corrected chi connectivity index (χ2v) is 7.05. The van der Waals surface area contributed by atoms with Gasteiger partial charge in [-0.15, -0.1) is 0 Å². The predicted molar refractivity (Wildman–Crippen MR) is 90.5 cm³/mol. The zero-order valence-corrected chi connectivity index (χ0v) is 14.4.